The fourth-order valence-electron chi connectivity index (χ4n) is 1.76. The summed E-state index contributed by atoms with van der Waals surface area (Å²) in [7, 11) is 0. The van der Waals surface area contributed by atoms with Crippen LogP contribution in [0.5, 0.6) is 0 Å². The Morgan fingerprint density at radius 2 is 2.32 bits per heavy atom. The van der Waals surface area contributed by atoms with Gasteiger partial charge in [-0.1, -0.05) is 11.6 Å². The van der Waals surface area contributed by atoms with Crippen molar-refractivity contribution in [2.45, 2.75) is 25.7 Å². The van der Waals surface area contributed by atoms with Gasteiger partial charge in [0.15, 0.2) is 0 Å². The number of rotatable bonds is 7. The smallest absolute Gasteiger partial charge is 0.224 e. The molecule has 0 aromatic carbocycles. The van der Waals surface area contributed by atoms with Crippen LogP contribution in [0.15, 0.2) is 24.5 Å². The van der Waals surface area contributed by atoms with Gasteiger partial charge < -0.3 is 5.32 Å². The molecule has 1 amide bonds. The summed E-state index contributed by atoms with van der Waals surface area (Å²) in [6, 6.07) is 3.98. The topological polar surface area (TPSA) is 57.8 Å². The van der Waals surface area contributed by atoms with E-state index in [4.69, 9.17) is 11.6 Å². The zero-order valence-corrected chi connectivity index (χ0v) is 12.1. The molecule has 0 aliphatic rings. The van der Waals surface area contributed by atoms with Crippen molar-refractivity contribution >= 4 is 28.8 Å². The lowest BCUT2D eigenvalue weighted by atomic mass is 10.2. The van der Waals surface area contributed by atoms with E-state index < -0.39 is 0 Å². The fourth-order valence-corrected chi connectivity index (χ4v) is 2.89. The van der Waals surface area contributed by atoms with E-state index in [1.165, 1.54) is 4.88 Å². The number of hydrogen-bond acceptors (Lipinski definition) is 3. The highest BCUT2D eigenvalue weighted by Crippen LogP contribution is 2.22. The molecule has 2 aromatic heterocycles. The first kappa shape index (κ1) is 14.1. The van der Waals surface area contributed by atoms with Crippen molar-refractivity contribution in [3.05, 3.63) is 39.3 Å². The molecule has 19 heavy (non-hydrogen) atoms. The maximum atomic E-state index is 11.6. The van der Waals surface area contributed by atoms with E-state index in [2.05, 4.69) is 21.6 Å². The molecule has 0 aliphatic carbocycles. The number of nitrogens with zero attached hydrogens (tertiary/aromatic N) is 1. The van der Waals surface area contributed by atoms with Gasteiger partial charge in [-0.2, -0.15) is 5.10 Å². The molecular weight excluding hydrogens is 282 g/mol. The van der Waals surface area contributed by atoms with Gasteiger partial charge in [-0.05, 0) is 37.0 Å². The van der Waals surface area contributed by atoms with E-state index >= 15 is 0 Å². The van der Waals surface area contributed by atoms with E-state index in [0.717, 1.165) is 35.7 Å². The van der Waals surface area contributed by atoms with Crippen LogP contribution in [0.25, 0.3) is 0 Å². The molecule has 0 fully saturated rings. The van der Waals surface area contributed by atoms with Crippen molar-refractivity contribution in [2.24, 2.45) is 0 Å². The maximum absolute atomic E-state index is 11.6. The molecule has 2 rings (SSSR count). The molecule has 0 atom stereocenters. The van der Waals surface area contributed by atoms with E-state index in [0.29, 0.717) is 6.42 Å². The molecule has 0 radical (unpaired) electrons. The quantitative estimate of drug-likeness (QED) is 0.772. The number of nitrogens with one attached hydrogen (secondary N) is 2. The van der Waals surface area contributed by atoms with Crippen LogP contribution < -0.4 is 5.32 Å². The molecule has 102 valence electrons. The second-order valence-corrected chi connectivity index (χ2v) is 6.10. The minimum absolute atomic E-state index is 0.0422. The number of aromatic nitrogens is 2. The first-order valence-corrected chi connectivity index (χ1v) is 7.42. The average Bonchev–Trinajstić information content (AvgIpc) is 3.01. The molecule has 0 spiro atoms. The average molecular weight is 298 g/mol. The summed E-state index contributed by atoms with van der Waals surface area (Å²) in [5, 5.41) is 9.41. The third-order valence-corrected chi connectivity index (χ3v) is 4.01. The first-order valence-electron chi connectivity index (χ1n) is 6.22. The van der Waals surface area contributed by atoms with Crippen LogP contribution >= 0.6 is 22.9 Å². The molecule has 0 unspecified atom stereocenters. The van der Waals surface area contributed by atoms with E-state index in [1.54, 1.807) is 23.7 Å². The van der Waals surface area contributed by atoms with Crippen LogP contribution in [-0.2, 0) is 17.6 Å². The summed E-state index contributed by atoms with van der Waals surface area (Å²) in [5.74, 6) is 0.0422. The van der Waals surface area contributed by atoms with Crippen LogP contribution in [0.4, 0.5) is 0 Å². The fraction of sp³-hybridized carbons (Fsp3) is 0.385. The molecule has 0 aliphatic heterocycles. The van der Waals surface area contributed by atoms with Crippen molar-refractivity contribution in [3.8, 4) is 0 Å². The predicted molar refractivity (Wildman–Crippen MR) is 77.6 cm³/mol. The van der Waals surface area contributed by atoms with Crippen molar-refractivity contribution in [1.29, 1.82) is 0 Å². The predicted octanol–water partition coefficient (Wildman–Crippen LogP) is 2.81. The Kier molecular flexibility index (Phi) is 5.42. The normalized spacial score (nSPS) is 10.6. The summed E-state index contributed by atoms with van der Waals surface area (Å²) >= 11 is 7.49. The number of carbonyl (C=O) groups is 1. The van der Waals surface area contributed by atoms with Gasteiger partial charge in [0, 0.05) is 17.6 Å². The zero-order chi connectivity index (χ0) is 13.5. The molecule has 0 saturated carbocycles. The number of amides is 1. The highest BCUT2D eigenvalue weighted by molar-refractivity contribution is 7.16. The van der Waals surface area contributed by atoms with Crippen LogP contribution in [0, 0.1) is 0 Å². The van der Waals surface area contributed by atoms with E-state index in [1.807, 2.05) is 6.07 Å². The Balaban J connectivity index is 1.55. The molecule has 2 heterocycles. The highest BCUT2D eigenvalue weighted by Gasteiger charge is 2.03. The summed E-state index contributed by atoms with van der Waals surface area (Å²) in [6.45, 7) is 0.718. The van der Waals surface area contributed by atoms with Crippen LogP contribution in [0.2, 0.25) is 4.34 Å². The van der Waals surface area contributed by atoms with Crippen molar-refractivity contribution in [3.63, 3.8) is 0 Å². The van der Waals surface area contributed by atoms with Gasteiger partial charge in [0.2, 0.25) is 5.91 Å². The Labute approximate surface area is 121 Å². The molecule has 0 bridgehead atoms. The van der Waals surface area contributed by atoms with Crippen molar-refractivity contribution in [1.82, 2.24) is 15.5 Å². The van der Waals surface area contributed by atoms with E-state index in [9.17, 15) is 4.79 Å². The summed E-state index contributed by atoms with van der Waals surface area (Å²) in [4.78, 5) is 12.9. The minimum atomic E-state index is 0.0422. The van der Waals surface area contributed by atoms with Crippen LogP contribution in [0.1, 0.15) is 23.3 Å². The van der Waals surface area contributed by atoms with E-state index in [-0.39, 0.29) is 5.91 Å². The molecular formula is C13H16ClN3OS. The van der Waals surface area contributed by atoms with Crippen molar-refractivity contribution < 1.29 is 4.79 Å². The minimum Gasteiger partial charge on any atom is -0.356 e. The Bertz CT molecular complexity index is 510. The number of halogens is 1. The monoisotopic (exact) mass is 297 g/mol. The lowest BCUT2D eigenvalue weighted by Gasteiger charge is -2.03. The number of H-pyrrole nitrogens is 1. The number of aryl methyl sites for hydroxylation is 1. The van der Waals surface area contributed by atoms with Crippen LogP contribution in [0.3, 0.4) is 0 Å². The highest BCUT2D eigenvalue weighted by atomic mass is 35.5. The molecule has 2 aromatic rings. The number of hydrogen-bond donors (Lipinski definition) is 2. The standard InChI is InChI=1S/C13H16ClN3OS/c14-12-5-4-11(19-12)3-1-2-6-15-13(18)7-10-8-16-17-9-10/h4-5,8-9H,1-3,6-7H2,(H,15,18)(H,16,17). The Hall–Kier alpha value is -1.33. The van der Waals surface area contributed by atoms with Gasteiger partial charge in [0.1, 0.15) is 0 Å². The van der Waals surface area contributed by atoms with Gasteiger partial charge >= 0.3 is 0 Å². The molecule has 2 N–H and O–H groups in total. The summed E-state index contributed by atoms with van der Waals surface area (Å²) in [6.07, 6.45) is 6.85. The molecule has 0 saturated heterocycles. The largest absolute Gasteiger partial charge is 0.356 e. The SMILES string of the molecule is O=C(Cc1cn[nH]c1)NCCCCc1ccc(Cl)s1. The van der Waals surface area contributed by atoms with Gasteiger partial charge in [-0.3, -0.25) is 9.89 Å². The zero-order valence-electron chi connectivity index (χ0n) is 10.5. The molecule has 6 heteroatoms. The molecule has 4 nitrogen and oxygen atoms in total. The lowest BCUT2D eigenvalue weighted by Crippen LogP contribution is -2.25. The second-order valence-electron chi connectivity index (χ2n) is 4.30. The third kappa shape index (κ3) is 5.04. The van der Waals surface area contributed by atoms with Crippen LogP contribution in [-0.4, -0.2) is 22.6 Å². The summed E-state index contributed by atoms with van der Waals surface area (Å²) < 4.78 is 0.836. The first-order chi connectivity index (χ1) is 9.24. The third-order valence-electron chi connectivity index (χ3n) is 2.72. The summed E-state index contributed by atoms with van der Waals surface area (Å²) in [5.41, 5.74) is 0.908. The van der Waals surface area contributed by atoms with Gasteiger partial charge in [-0.15, -0.1) is 11.3 Å². The van der Waals surface area contributed by atoms with Gasteiger partial charge in [0.25, 0.3) is 0 Å². The van der Waals surface area contributed by atoms with Gasteiger partial charge in [0.05, 0.1) is 17.0 Å². The Morgan fingerprint density at radius 1 is 1.42 bits per heavy atom. The number of thiophene rings is 1. The number of carbonyl (C=O) groups excluding carboxylic acids is 1. The Morgan fingerprint density at radius 3 is 3.00 bits per heavy atom. The van der Waals surface area contributed by atoms with Gasteiger partial charge in [-0.25, -0.2) is 0 Å². The second kappa shape index (κ2) is 7.31. The number of aromatic amines is 1. The van der Waals surface area contributed by atoms with Crippen molar-refractivity contribution in [2.75, 3.05) is 6.54 Å². The maximum Gasteiger partial charge on any atom is 0.224 e. The lowest BCUT2D eigenvalue weighted by molar-refractivity contribution is -0.120. The number of unbranched alkanes of at least 4 members (excludes halogenated alkanes) is 1.